The van der Waals surface area contributed by atoms with E-state index in [0.29, 0.717) is 5.69 Å². The number of hydrogen-bond acceptors (Lipinski definition) is 1. The highest BCUT2D eigenvalue weighted by molar-refractivity contribution is 5.89. The third kappa shape index (κ3) is 4.75. The van der Waals surface area contributed by atoms with Gasteiger partial charge in [-0.2, -0.15) is 13.2 Å². The van der Waals surface area contributed by atoms with Crippen molar-refractivity contribution in [2.75, 3.05) is 5.32 Å². The largest absolute Gasteiger partial charge is 0.409 e. The zero-order valence-electron chi connectivity index (χ0n) is 11.9. The predicted octanol–water partition coefficient (Wildman–Crippen LogP) is 4.09. The summed E-state index contributed by atoms with van der Waals surface area (Å²) in [6.07, 6.45) is -4.50. The molecule has 0 bridgehead atoms. The standard InChI is InChI=1S/C14H19F3N2O/c1-9-5-7-10(8-6-9)18-12(20)19-11(13(2,3)4)14(15,16)17/h5-8,11H,1-4H3,(H2,18,19,20)/t11-/m1/s1. The summed E-state index contributed by atoms with van der Waals surface area (Å²) in [7, 11) is 0. The van der Waals surface area contributed by atoms with Crippen LogP contribution >= 0.6 is 0 Å². The normalized spacial score (nSPS) is 13.8. The van der Waals surface area contributed by atoms with Gasteiger partial charge in [0.15, 0.2) is 0 Å². The van der Waals surface area contributed by atoms with Crippen LogP contribution in [0.3, 0.4) is 0 Å². The molecule has 0 saturated heterocycles. The van der Waals surface area contributed by atoms with Crippen LogP contribution in [0.5, 0.6) is 0 Å². The van der Waals surface area contributed by atoms with E-state index in [4.69, 9.17) is 0 Å². The molecule has 0 heterocycles. The second kappa shape index (κ2) is 5.73. The van der Waals surface area contributed by atoms with Crippen LogP contribution in [0.25, 0.3) is 0 Å². The average Bonchev–Trinajstić information content (AvgIpc) is 2.26. The first-order valence-corrected chi connectivity index (χ1v) is 6.21. The van der Waals surface area contributed by atoms with Crippen molar-refractivity contribution in [3.63, 3.8) is 0 Å². The molecule has 3 nitrogen and oxygen atoms in total. The molecule has 1 aromatic carbocycles. The number of urea groups is 1. The van der Waals surface area contributed by atoms with Crippen LogP contribution < -0.4 is 10.6 Å². The molecule has 1 aromatic rings. The minimum atomic E-state index is -4.50. The Morgan fingerprint density at radius 2 is 1.60 bits per heavy atom. The Kier molecular flexibility index (Phi) is 4.68. The number of benzene rings is 1. The number of alkyl halides is 3. The van der Waals surface area contributed by atoms with E-state index in [1.807, 2.05) is 12.2 Å². The minimum absolute atomic E-state index is 0.447. The average molecular weight is 288 g/mol. The molecule has 0 unspecified atom stereocenters. The molecular formula is C14H19F3N2O. The first-order valence-electron chi connectivity index (χ1n) is 6.21. The van der Waals surface area contributed by atoms with E-state index in [0.717, 1.165) is 5.56 Å². The van der Waals surface area contributed by atoms with Gasteiger partial charge >= 0.3 is 12.2 Å². The zero-order chi connectivity index (χ0) is 15.6. The Balaban J connectivity index is 2.75. The Morgan fingerprint density at radius 1 is 1.10 bits per heavy atom. The topological polar surface area (TPSA) is 41.1 Å². The van der Waals surface area contributed by atoms with Gasteiger partial charge in [0, 0.05) is 5.69 Å². The molecule has 6 heteroatoms. The number of rotatable bonds is 2. The molecule has 0 fully saturated rings. The van der Waals surface area contributed by atoms with Gasteiger partial charge in [-0.15, -0.1) is 0 Å². The molecular weight excluding hydrogens is 269 g/mol. The maximum atomic E-state index is 12.9. The smallest absolute Gasteiger partial charge is 0.325 e. The number of nitrogens with one attached hydrogen (secondary N) is 2. The Labute approximate surface area is 116 Å². The van der Waals surface area contributed by atoms with Crippen molar-refractivity contribution >= 4 is 11.7 Å². The fourth-order valence-corrected chi connectivity index (χ4v) is 1.72. The molecule has 2 amide bonds. The first-order chi connectivity index (χ1) is 9.00. The predicted molar refractivity (Wildman–Crippen MR) is 72.6 cm³/mol. The van der Waals surface area contributed by atoms with E-state index < -0.39 is 23.7 Å². The first kappa shape index (κ1) is 16.3. The van der Waals surface area contributed by atoms with Crippen LogP contribution in [-0.2, 0) is 0 Å². The summed E-state index contributed by atoms with van der Waals surface area (Å²) < 4.78 is 38.8. The highest BCUT2D eigenvalue weighted by Crippen LogP contribution is 2.33. The molecule has 0 saturated carbocycles. The van der Waals surface area contributed by atoms with Gasteiger partial charge in [0.05, 0.1) is 0 Å². The van der Waals surface area contributed by atoms with Crippen molar-refractivity contribution in [3.8, 4) is 0 Å². The van der Waals surface area contributed by atoms with Crippen LogP contribution in [0.15, 0.2) is 24.3 Å². The van der Waals surface area contributed by atoms with Gasteiger partial charge in [0.25, 0.3) is 0 Å². The molecule has 112 valence electrons. The van der Waals surface area contributed by atoms with Gasteiger partial charge in [-0.05, 0) is 24.5 Å². The molecule has 0 aliphatic heterocycles. The third-order valence-electron chi connectivity index (χ3n) is 2.78. The summed E-state index contributed by atoms with van der Waals surface area (Å²) in [5, 5.41) is 4.38. The number of halogens is 3. The van der Waals surface area contributed by atoms with E-state index in [1.165, 1.54) is 20.8 Å². The number of amides is 2. The Hall–Kier alpha value is -1.72. The number of aryl methyl sites for hydroxylation is 1. The van der Waals surface area contributed by atoms with Crippen molar-refractivity contribution in [2.24, 2.45) is 5.41 Å². The molecule has 0 spiro atoms. The van der Waals surface area contributed by atoms with E-state index in [1.54, 1.807) is 24.3 Å². The molecule has 2 N–H and O–H groups in total. The van der Waals surface area contributed by atoms with Crippen molar-refractivity contribution in [3.05, 3.63) is 29.8 Å². The van der Waals surface area contributed by atoms with Gasteiger partial charge in [0.1, 0.15) is 6.04 Å². The summed E-state index contributed by atoms with van der Waals surface area (Å²) in [5.41, 5.74) is 0.324. The maximum Gasteiger partial charge on any atom is 0.409 e. The summed E-state index contributed by atoms with van der Waals surface area (Å²) >= 11 is 0. The molecule has 0 aromatic heterocycles. The van der Waals surface area contributed by atoms with Crippen LogP contribution in [-0.4, -0.2) is 18.2 Å². The van der Waals surface area contributed by atoms with Crippen LogP contribution in [0, 0.1) is 12.3 Å². The highest BCUT2D eigenvalue weighted by atomic mass is 19.4. The lowest BCUT2D eigenvalue weighted by Gasteiger charge is -2.32. The quantitative estimate of drug-likeness (QED) is 0.845. The second-order valence-electron chi connectivity index (χ2n) is 5.81. The fraction of sp³-hybridized carbons (Fsp3) is 0.500. The second-order valence-corrected chi connectivity index (χ2v) is 5.81. The van der Waals surface area contributed by atoms with E-state index >= 15 is 0 Å². The van der Waals surface area contributed by atoms with Crippen LogP contribution in [0.2, 0.25) is 0 Å². The molecule has 0 aliphatic carbocycles. The fourth-order valence-electron chi connectivity index (χ4n) is 1.72. The van der Waals surface area contributed by atoms with Gasteiger partial charge in [-0.1, -0.05) is 38.5 Å². The minimum Gasteiger partial charge on any atom is -0.325 e. The van der Waals surface area contributed by atoms with Crippen LogP contribution in [0.1, 0.15) is 26.3 Å². The van der Waals surface area contributed by atoms with Crippen molar-refractivity contribution in [1.82, 2.24) is 5.32 Å². The lowest BCUT2D eigenvalue weighted by Crippen LogP contribution is -2.54. The van der Waals surface area contributed by atoms with E-state index in [-0.39, 0.29) is 0 Å². The number of anilines is 1. The lowest BCUT2D eigenvalue weighted by atomic mass is 9.86. The summed E-state index contributed by atoms with van der Waals surface area (Å²) in [4.78, 5) is 11.7. The molecule has 1 rings (SSSR count). The molecule has 0 radical (unpaired) electrons. The van der Waals surface area contributed by atoms with Crippen LogP contribution in [0.4, 0.5) is 23.7 Å². The summed E-state index contributed by atoms with van der Waals surface area (Å²) in [6, 6.07) is 4.01. The molecule has 1 atom stereocenters. The van der Waals surface area contributed by atoms with Crippen molar-refractivity contribution < 1.29 is 18.0 Å². The Bertz CT molecular complexity index is 447. The monoisotopic (exact) mass is 288 g/mol. The van der Waals surface area contributed by atoms with E-state index in [9.17, 15) is 18.0 Å². The highest BCUT2D eigenvalue weighted by Gasteiger charge is 2.47. The zero-order valence-corrected chi connectivity index (χ0v) is 11.9. The number of hydrogen-bond donors (Lipinski definition) is 2. The van der Waals surface area contributed by atoms with Crippen molar-refractivity contribution in [1.29, 1.82) is 0 Å². The van der Waals surface area contributed by atoms with Gasteiger partial charge < -0.3 is 10.6 Å². The van der Waals surface area contributed by atoms with Gasteiger partial charge in [0.2, 0.25) is 0 Å². The summed E-state index contributed by atoms with van der Waals surface area (Å²) in [5.74, 6) is 0. The van der Waals surface area contributed by atoms with E-state index in [2.05, 4.69) is 5.32 Å². The maximum absolute atomic E-state index is 12.9. The third-order valence-corrected chi connectivity index (χ3v) is 2.78. The van der Waals surface area contributed by atoms with Crippen molar-refractivity contribution in [2.45, 2.75) is 39.9 Å². The molecule has 0 aliphatic rings. The van der Waals surface area contributed by atoms with Gasteiger partial charge in [-0.3, -0.25) is 0 Å². The summed E-state index contributed by atoms with van der Waals surface area (Å²) in [6.45, 7) is 6.16. The Morgan fingerprint density at radius 3 is 2.00 bits per heavy atom. The lowest BCUT2D eigenvalue weighted by molar-refractivity contribution is -0.174. The van der Waals surface area contributed by atoms with Gasteiger partial charge in [-0.25, -0.2) is 4.79 Å². The molecule has 20 heavy (non-hydrogen) atoms. The SMILES string of the molecule is Cc1ccc(NC(=O)N[C@H](C(C)(C)C)C(F)(F)F)cc1. The number of carbonyl (C=O) groups excluding carboxylic acids is 1. The number of carbonyl (C=O) groups is 1.